The summed E-state index contributed by atoms with van der Waals surface area (Å²) in [4.78, 5) is 12.1. The van der Waals surface area contributed by atoms with Gasteiger partial charge in [0.05, 0.1) is 0 Å². The smallest absolute Gasteiger partial charge is 0.223 e. The molecule has 0 radical (unpaired) electrons. The largest absolute Gasteiger partial charge is 0.352 e. The zero-order valence-electron chi connectivity index (χ0n) is 10.2. The van der Waals surface area contributed by atoms with E-state index in [9.17, 15) is 4.79 Å². The molecule has 1 N–H and O–H groups in total. The maximum absolute atomic E-state index is 12.1. The molecule has 0 spiro atoms. The van der Waals surface area contributed by atoms with E-state index in [1.54, 1.807) is 0 Å². The van der Waals surface area contributed by atoms with Crippen LogP contribution in [0.3, 0.4) is 0 Å². The van der Waals surface area contributed by atoms with Crippen molar-refractivity contribution in [2.75, 3.05) is 5.88 Å². The van der Waals surface area contributed by atoms with Gasteiger partial charge in [-0.2, -0.15) is 0 Å². The fourth-order valence-electron chi connectivity index (χ4n) is 3.24. The molecule has 3 heteroatoms. The molecule has 2 saturated carbocycles. The molecule has 2 aliphatic carbocycles. The molecule has 0 heterocycles. The topological polar surface area (TPSA) is 29.1 Å². The number of halogens is 1. The molecule has 16 heavy (non-hydrogen) atoms. The Hall–Kier alpha value is -0.240. The van der Waals surface area contributed by atoms with Crippen molar-refractivity contribution in [1.82, 2.24) is 5.32 Å². The number of carbonyl (C=O) groups is 1. The highest BCUT2D eigenvalue weighted by atomic mass is 35.5. The Morgan fingerprint density at radius 2 is 2.12 bits per heavy atom. The highest BCUT2D eigenvalue weighted by molar-refractivity contribution is 6.18. The first-order valence-electron chi connectivity index (χ1n) is 6.48. The average molecular weight is 244 g/mol. The fourth-order valence-corrected chi connectivity index (χ4v) is 3.67. The van der Waals surface area contributed by atoms with E-state index in [1.807, 2.05) is 0 Å². The Labute approximate surface area is 103 Å². The number of nitrogens with one attached hydrogen (secondary N) is 1. The minimum atomic E-state index is 0.133. The average Bonchev–Trinajstić information content (AvgIpc) is 2.86. The lowest BCUT2D eigenvalue weighted by molar-refractivity contribution is -0.127. The van der Waals surface area contributed by atoms with E-state index in [0.717, 1.165) is 12.3 Å². The van der Waals surface area contributed by atoms with Crippen molar-refractivity contribution >= 4 is 17.5 Å². The van der Waals surface area contributed by atoms with Gasteiger partial charge in [-0.25, -0.2) is 0 Å². The lowest BCUT2D eigenvalue weighted by Crippen LogP contribution is -2.44. The van der Waals surface area contributed by atoms with Gasteiger partial charge < -0.3 is 5.32 Å². The van der Waals surface area contributed by atoms with Gasteiger partial charge in [0.1, 0.15) is 0 Å². The van der Waals surface area contributed by atoms with Crippen LogP contribution < -0.4 is 5.32 Å². The third-order valence-electron chi connectivity index (χ3n) is 4.37. The molecule has 4 unspecified atom stereocenters. The molecule has 2 rings (SSSR count). The van der Waals surface area contributed by atoms with E-state index >= 15 is 0 Å². The van der Waals surface area contributed by atoms with Crippen molar-refractivity contribution in [3.63, 3.8) is 0 Å². The van der Waals surface area contributed by atoms with Crippen LogP contribution in [0, 0.1) is 23.7 Å². The summed E-state index contributed by atoms with van der Waals surface area (Å²) >= 11 is 5.88. The van der Waals surface area contributed by atoms with E-state index in [2.05, 4.69) is 19.2 Å². The van der Waals surface area contributed by atoms with Crippen LogP contribution in [0.15, 0.2) is 0 Å². The highest BCUT2D eigenvalue weighted by Crippen LogP contribution is 2.48. The second-order valence-electron chi connectivity index (χ2n) is 5.79. The minimum absolute atomic E-state index is 0.133. The van der Waals surface area contributed by atoms with Crippen LogP contribution in [-0.2, 0) is 4.79 Å². The molecule has 2 fully saturated rings. The SMILES string of the molecule is CC(C)C(CCl)NC(=O)C1CC2CCC1C2. The predicted molar refractivity (Wildman–Crippen MR) is 66.4 cm³/mol. The van der Waals surface area contributed by atoms with Crippen molar-refractivity contribution in [1.29, 1.82) is 0 Å². The van der Waals surface area contributed by atoms with Crippen molar-refractivity contribution in [3.8, 4) is 0 Å². The van der Waals surface area contributed by atoms with Crippen LogP contribution in [-0.4, -0.2) is 17.8 Å². The quantitative estimate of drug-likeness (QED) is 0.756. The standard InChI is InChI=1S/C13H22ClNO/c1-8(2)12(7-14)15-13(16)11-6-9-3-4-10(11)5-9/h8-12H,3-7H2,1-2H3,(H,15,16). The summed E-state index contributed by atoms with van der Waals surface area (Å²) in [6.45, 7) is 4.21. The third-order valence-corrected chi connectivity index (χ3v) is 4.71. The molecule has 1 amide bonds. The van der Waals surface area contributed by atoms with Gasteiger partial charge in [-0.15, -0.1) is 11.6 Å². The summed E-state index contributed by atoms with van der Waals surface area (Å²) in [5.74, 6) is 2.96. The number of fused-ring (bicyclic) bond motifs is 2. The Bertz CT molecular complexity index is 267. The van der Waals surface area contributed by atoms with E-state index in [4.69, 9.17) is 11.6 Å². The van der Waals surface area contributed by atoms with Crippen LogP contribution in [0.5, 0.6) is 0 Å². The summed E-state index contributed by atoms with van der Waals surface area (Å²) in [5, 5.41) is 3.12. The Morgan fingerprint density at radius 1 is 1.38 bits per heavy atom. The normalized spacial score (nSPS) is 34.4. The van der Waals surface area contributed by atoms with Gasteiger partial charge in [0.25, 0.3) is 0 Å². The number of carbonyl (C=O) groups excluding carboxylic acids is 1. The molecule has 2 nitrogen and oxygen atoms in total. The molecule has 2 aliphatic rings. The second-order valence-corrected chi connectivity index (χ2v) is 6.10. The van der Waals surface area contributed by atoms with Gasteiger partial charge in [-0.05, 0) is 37.0 Å². The van der Waals surface area contributed by atoms with E-state index in [-0.39, 0.29) is 17.9 Å². The summed E-state index contributed by atoms with van der Waals surface area (Å²) < 4.78 is 0. The third kappa shape index (κ3) is 2.37. The molecule has 0 aromatic rings. The summed E-state index contributed by atoms with van der Waals surface area (Å²) in [5.41, 5.74) is 0. The molecule has 2 bridgehead atoms. The predicted octanol–water partition coefficient (Wildman–Crippen LogP) is 2.80. The van der Waals surface area contributed by atoms with Gasteiger partial charge >= 0.3 is 0 Å². The van der Waals surface area contributed by atoms with Gasteiger partial charge in [0.15, 0.2) is 0 Å². The number of hydrogen-bond acceptors (Lipinski definition) is 1. The van der Waals surface area contributed by atoms with Crippen molar-refractivity contribution in [2.24, 2.45) is 23.7 Å². The monoisotopic (exact) mass is 243 g/mol. The fraction of sp³-hybridized carbons (Fsp3) is 0.923. The minimum Gasteiger partial charge on any atom is -0.352 e. The van der Waals surface area contributed by atoms with Gasteiger partial charge in [-0.1, -0.05) is 20.3 Å². The van der Waals surface area contributed by atoms with Gasteiger partial charge in [0.2, 0.25) is 5.91 Å². The molecular formula is C13H22ClNO. The van der Waals surface area contributed by atoms with E-state index in [0.29, 0.717) is 17.7 Å². The Morgan fingerprint density at radius 3 is 2.56 bits per heavy atom. The molecule has 0 aromatic heterocycles. The summed E-state index contributed by atoms with van der Waals surface area (Å²) in [6.07, 6.45) is 5.00. The van der Waals surface area contributed by atoms with Crippen molar-refractivity contribution in [2.45, 2.75) is 45.6 Å². The second kappa shape index (κ2) is 4.95. The van der Waals surface area contributed by atoms with Crippen molar-refractivity contribution < 1.29 is 4.79 Å². The Balaban J connectivity index is 1.88. The zero-order valence-corrected chi connectivity index (χ0v) is 11.0. The molecule has 4 atom stereocenters. The van der Waals surface area contributed by atoms with E-state index < -0.39 is 0 Å². The molecule has 0 aromatic carbocycles. The maximum atomic E-state index is 12.1. The number of hydrogen-bond donors (Lipinski definition) is 1. The lowest BCUT2D eigenvalue weighted by Gasteiger charge is -2.25. The maximum Gasteiger partial charge on any atom is 0.223 e. The number of rotatable bonds is 4. The van der Waals surface area contributed by atoms with Crippen LogP contribution in [0.25, 0.3) is 0 Å². The first kappa shape index (κ1) is 12.2. The molecular weight excluding hydrogens is 222 g/mol. The van der Waals surface area contributed by atoms with Crippen LogP contribution in [0.4, 0.5) is 0 Å². The van der Waals surface area contributed by atoms with Gasteiger partial charge in [0, 0.05) is 17.8 Å². The van der Waals surface area contributed by atoms with Crippen molar-refractivity contribution in [3.05, 3.63) is 0 Å². The lowest BCUT2D eigenvalue weighted by atomic mass is 9.88. The first-order chi connectivity index (χ1) is 7.61. The van der Waals surface area contributed by atoms with Crippen LogP contribution >= 0.6 is 11.6 Å². The number of alkyl halides is 1. The zero-order chi connectivity index (χ0) is 11.7. The summed E-state index contributed by atoms with van der Waals surface area (Å²) in [7, 11) is 0. The molecule has 92 valence electrons. The first-order valence-corrected chi connectivity index (χ1v) is 7.01. The van der Waals surface area contributed by atoms with Crippen LogP contribution in [0.2, 0.25) is 0 Å². The molecule has 0 saturated heterocycles. The molecule has 0 aliphatic heterocycles. The van der Waals surface area contributed by atoms with Crippen LogP contribution in [0.1, 0.15) is 39.5 Å². The Kier molecular flexibility index (Phi) is 3.78. The van der Waals surface area contributed by atoms with Gasteiger partial charge in [-0.3, -0.25) is 4.79 Å². The highest BCUT2D eigenvalue weighted by Gasteiger charge is 2.43. The van der Waals surface area contributed by atoms with E-state index in [1.165, 1.54) is 19.3 Å². The summed E-state index contributed by atoms with van der Waals surface area (Å²) in [6, 6.07) is 0.133. The number of amides is 1.